The molecule has 3 heterocycles. The van der Waals surface area contributed by atoms with E-state index in [1.807, 2.05) is 0 Å². The lowest BCUT2D eigenvalue weighted by Crippen LogP contribution is -2.33. The number of nitrogen functional groups attached to an aromatic ring is 1. The van der Waals surface area contributed by atoms with E-state index >= 15 is 0 Å². The van der Waals surface area contributed by atoms with Gasteiger partial charge in [0.2, 0.25) is 0 Å². The predicted molar refractivity (Wildman–Crippen MR) is 106 cm³/mol. The summed E-state index contributed by atoms with van der Waals surface area (Å²) >= 11 is 0. The quantitative estimate of drug-likeness (QED) is 0.181. The van der Waals surface area contributed by atoms with Gasteiger partial charge < -0.3 is 40.3 Å². The Morgan fingerprint density at radius 3 is 2.31 bits per heavy atom. The van der Waals surface area contributed by atoms with E-state index in [9.17, 15) is 28.8 Å². The van der Waals surface area contributed by atoms with E-state index < -0.39 is 54.6 Å². The van der Waals surface area contributed by atoms with Crippen molar-refractivity contribution in [2.75, 3.05) is 12.3 Å². The minimum absolute atomic E-state index is 0. The molecule has 1 fully saturated rings. The molecule has 1 saturated heterocycles. The second-order valence-electron chi connectivity index (χ2n) is 6.02. The normalized spacial score (nSPS) is 27.6. The summed E-state index contributed by atoms with van der Waals surface area (Å²) in [5.74, 6) is 0.0426. The highest BCUT2D eigenvalue weighted by Crippen LogP contribution is 2.66. The van der Waals surface area contributed by atoms with Crippen molar-refractivity contribution in [2.45, 2.75) is 24.5 Å². The summed E-state index contributed by atoms with van der Waals surface area (Å²) in [5, 5.41) is 20.4. The first-order chi connectivity index (χ1) is 14.2. The number of hydrogen-bond donors (Lipinski definition) is 7. The summed E-state index contributed by atoms with van der Waals surface area (Å²) in [6.45, 7) is -0.956. The van der Waals surface area contributed by atoms with E-state index in [2.05, 4.69) is 28.1 Å². The van der Waals surface area contributed by atoms with Gasteiger partial charge in [0.25, 0.3) is 0 Å². The van der Waals surface area contributed by atoms with E-state index in [1.165, 1.54) is 10.9 Å². The predicted octanol–water partition coefficient (Wildman–Crippen LogP) is -1.05. The second kappa shape index (κ2) is 9.77. The van der Waals surface area contributed by atoms with Crippen LogP contribution in [0, 0.1) is 0 Å². The SMILES string of the molecule is Br.Nc1ncnc2c1ncn2C1O[C@H](COP(=O)(O)OP(=O)(O)OP(=O)(O)O)[C@@H](O)[C@H]1O. The fourth-order valence-corrected chi connectivity index (χ4v) is 5.65. The average Bonchev–Trinajstić information content (AvgIpc) is 3.13. The molecule has 3 rings (SSSR count). The molecule has 0 saturated carbocycles. The van der Waals surface area contributed by atoms with Crippen molar-refractivity contribution >= 4 is 57.4 Å². The number of nitrogens with two attached hydrogens (primary N) is 1. The summed E-state index contributed by atoms with van der Waals surface area (Å²) < 4.78 is 51.9. The molecule has 0 bridgehead atoms. The van der Waals surface area contributed by atoms with E-state index in [0.29, 0.717) is 0 Å². The standard InChI is InChI=1S/C10H16N5O13P3.BrH/c11-8-5-9(13-2-12-8)15(3-14-5)10-7(17)6(16)4(26-10)1-25-30(21,22)28-31(23,24)27-29(18,19)20;/h2-4,6-7,10,16-17H,1H2,(H,21,22)(H,23,24)(H2,11,12,13)(H2,18,19,20);1H/t4-,6-,7-,10?;/m1./s1. The van der Waals surface area contributed by atoms with Crippen LogP contribution < -0.4 is 5.73 Å². The number of hydrogen-bond acceptors (Lipinski definition) is 13. The van der Waals surface area contributed by atoms with Crippen LogP contribution in [0.25, 0.3) is 11.2 Å². The van der Waals surface area contributed by atoms with Crippen molar-refractivity contribution < 1.29 is 61.4 Å². The van der Waals surface area contributed by atoms with Gasteiger partial charge in [-0.25, -0.2) is 28.6 Å². The van der Waals surface area contributed by atoms with Crippen molar-refractivity contribution in [3.8, 4) is 0 Å². The van der Waals surface area contributed by atoms with Gasteiger partial charge in [0.1, 0.15) is 30.2 Å². The number of phosphoric acid groups is 3. The fraction of sp³-hybridized carbons (Fsp3) is 0.500. The Bertz CT molecular complexity index is 1110. The smallest absolute Gasteiger partial charge is 0.387 e. The number of nitrogens with zero attached hydrogens (tertiary/aromatic N) is 4. The van der Waals surface area contributed by atoms with Gasteiger partial charge in [-0.1, -0.05) is 0 Å². The van der Waals surface area contributed by atoms with Gasteiger partial charge in [-0.05, 0) is 0 Å². The molecular formula is C10H17BrN5O13P3. The van der Waals surface area contributed by atoms with Gasteiger partial charge in [-0.3, -0.25) is 9.09 Å². The lowest BCUT2D eigenvalue weighted by molar-refractivity contribution is -0.0503. The lowest BCUT2D eigenvalue weighted by atomic mass is 10.1. The molecule has 0 aliphatic carbocycles. The summed E-state index contributed by atoms with van der Waals surface area (Å²) in [4.78, 5) is 47.2. The van der Waals surface area contributed by atoms with Crippen molar-refractivity contribution in [1.29, 1.82) is 0 Å². The van der Waals surface area contributed by atoms with Crippen LogP contribution >= 0.6 is 40.4 Å². The van der Waals surface area contributed by atoms with Gasteiger partial charge >= 0.3 is 23.5 Å². The van der Waals surface area contributed by atoms with Crippen LogP contribution in [-0.2, 0) is 31.6 Å². The molecule has 0 radical (unpaired) electrons. The maximum atomic E-state index is 11.8. The third-order valence-corrected chi connectivity index (χ3v) is 7.62. The number of anilines is 1. The van der Waals surface area contributed by atoms with Crippen LogP contribution in [0.4, 0.5) is 5.82 Å². The molecule has 32 heavy (non-hydrogen) atoms. The van der Waals surface area contributed by atoms with Gasteiger partial charge in [0.15, 0.2) is 17.7 Å². The molecule has 8 N–H and O–H groups in total. The molecule has 2 aromatic heterocycles. The number of ether oxygens (including phenoxy) is 1. The van der Waals surface area contributed by atoms with E-state index in [1.54, 1.807) is 0 Å². The Labute approximate surface area is 188 Å². The monoisotopic (exact) mass is 587 g/mol. The molecule has 22 heteroatoms. The Balaban J connectivity index is 0.00000363. The first kappa shape index (κ1) is 27.4. The zero-order chi connectivity index (χ0) is 23.2. The maximum absolute atomic E-state index is 11.8. The second-order valence-corrected chi connectivity index (χ2v) is 10.4. The highest BCUT2D eigenvalue weighted by Gasteiger charge is 2.47. The minimum atomic E-state index is -5.70. The fourth-order valence-electron chi connectivity index (χ4n) is 2.62. The van der Waals surface area contributed by atoms with E-state index in [-0.39, 0.29) is 34.0 Å². The van der Waals surface area contributed by atoms with Gasteiger partial charge in [-0.2, -0.15) is 8.62 Å². The van der Waals surface area contributed by atoms with Crippen molar-refractivity contribution in [3.63, 3.8) is 0 Å². The molecule has 0 amide bonds. The zero-order valence-electron chi connectivity index (χ0n) is 15.3. The number of halogens is 1. The molecule has 1 aliphatic heterocycles. The number of imidazole rings is 1. The van der Waals surface area contributed by atoms with Crippen LogP contribution in [0.5, 0.6) is 0 Å². The number of aliphatic hydroxyl groups excluding tert-OH is 2. The molecule has 3 unspecified atom stereocenters. The van der Waals surface area contributed by atoms with Crippen molar-refractivity contribution in [3.05, 3.63) is 12.7 Å². The van der Waals surface area contributed by atoms with Gasteiger partial charge in [0, 0.05) is 0 Å². The molecule has 182 valence electrons. The maximum Gasteiger partial charge on any atom is 0.490 e. The molecule has 0 spiro atoms. The average molecular weight is 588 g/mol. The summed E-state index contributed by atoms with van der Waals surface area (Å²) in [6.07, 6.45) is -3.69. The summed E-state index contributed by atoms with van der Waals surface area (Å²) in [7, 11) is -16.7. The summed E-state index contributed by atoms with van der Waals surface area (Å²) in [5.41, 5.74) is 6.00. The zero-order valence-corrected chi connectivity index (χ0v) is 19.7. The Morgan fingerprint density at radius 2 is 1.69 bits per heavy atom. The number of aromatic nitrogens is 4. The van der Waals surface area contributed by atoms with Crippen LogP contribution in [0.3, 0.4) is 0 Å². The van der Waals surface area contributed by atoms with E-state index in [4.69, 9.17) is 25.2 Å². The molecule has 18 nitrogen and oxygen atoms in total. The largest absolute Gasteiger partial charge is 0.490 e. The highest BCUT2D eigenvalue weighted by molar-refractivity contribution is 8.93. The topological polar surface area (TPSA) is 279 Å². The Morgan fingerprint density at radius 1 is 1.03 bits per heavy atom. The third kappa shape index (κ3) is 6.37. The number of phosphoric ester groups is 1. The Hall–Kier alpha value is -0.880. The van der Waals surface area contributed by atoms with Crippen molar-refractivity contribution in [1.82, 2.24) is 19.5 Å². The number of fused-ring (bicyclic) bond motifs is 1. The van der Waals surface area contributed by atoms with Crippen LogP contribution in [0.1, 0.15) is 6.23 Å². The van der Waals surface area contributed by atoms with Gasteiger partial charge in [0.05, 0.1) is 12.9 Å². The van der Waals surface area contributed by atoms with E-state index in [0.717, 1.165) is 6.33 Å². The number of rotatable bonds is 8. The van der Waals surface area contributed by atoms with Crippen LogP contribution in [0.2, 0.25) is 0 Å². The highest BCUT2D eigenvalue weighted by atomic mass is 79.9. The third-order valence-electron chi connectivity index (χ3n) is 3.82. The molecule has 0 aromatic carbocycles. The van der Waals surface area contributed by atoms with Crippen molar-refractivity contribution in [2.24, 2.45) is 0 Å². The first-order valence-electron chi connectivity index (χ1n) is 7.92. The molecule has 2 aromatic rings. The minimum Gasteiger partial charge on any atom is -0.387 e. The first-order valence-corrected chi connectivity index (χ1v) is 12.4. The van der Waals surface area contributed by atoms with Crippen LogP contribution in [0.15, 0.2) is 12.7 Å². The Kier molecular flexibility index (Phi) is 8.36. The van der Waals surface area contributed by atoms with Crippen LogP contribution in [-0.4, -0.2) is 74.2 Å². The van der Waals surface area contributed by atoms with Gasteiger partial charge in [-0.15, -0.1) is 17.0 Å². The molecule has 6 atom stereocenters. The lowest BCUT2D eigenvalue weighted by Gasteiger charge is -2.19. The summed E-state index contributed by atoms with van der Waals surface area (Å²) in [6, 6.07) is 0. The molecular weight excluding hydrogens is 571 g/mol. The molecule has 1 aliphatic rings. The number of aliphatic hydroxyl groups is 2.